The summed E-state index contributed by atoms with van der Waals surface area (Å²) < 4.78 is 5.93. The number of carbonyl (C=O) groups is 1. The van der Waals surface area contributed by atoms with Crippen LogP contribution in [0.25, 0.3) is 0 Å². The number of rotatable bonds is 8. The molecule has 0 aliphatic heterocycles. The van der Waals surface area contributed by atoms with Gasteiger partial charge in [0.2, 0.25) is 0 Å². The molecule has 0 bridgehead atoms. The number of aliphatic carboxylic acids is 1. The van der Waals surface area contributed by atoms with E-state index in [1.54, 1.807) is 6.92 Å². The molecule has 4 nitrogen and oxygen atoms in total. The largest absolute Gasteiger partial charge is 0.480 e. The van der Waals surface area contributed by atoms with Crippen LogP contribution in [0, 0.1) is 5.92 Å². The lowest BCUT2D eigenvalue weighted by Gasteiger charge is -2.29. The summed E-state index contributed by atoms with van der Waals surface area (Å²) in [7, 11) is 0. The van der Waals surface area contributed by atoms with E-state index >= 15 is 0 Å². The zero-order chi connectivity index (χ0) is 14.6. The third-order valence-electron chi connectivity index (χ3n) is 4.64. The summed E-state index contributed by atoms with van der Waals surface area (Å²) in [6.07, 6.45) is 8.99. The summed E-state index contributed by atoms with van der Waals surface area (Å²) in [5, 5.41) is 12.6. The number of ether oxygens (including phenoxy) is 1. The summed E-state index contributed by atoms with van der Waals surface area (Å²) in [6.45, 7) is 4.78. The molecule has 0 aromatic heterocycles. The Labute approximate surface area is 122 Å². The number of carboxylic acids is 1. The van der Waals surface area contributed by atoms with Crippen molar-refractivity contribution >= 4 is 5.97 Å². The SMILES string of the molecule is CC1CCCC(OCCCC(C)(NC2CC2)C(=O)O)C1. The Kier molecular flexibility index (Phi) is 5.44. The van der Waals surface area contributed by atoms with Crippen molar-refractivity contribution in [2.75, 3.05) is 6.61 Å². The highest BCUT2D eigenvalue weighted by molar-refractivity contribution is 5.78. The van der Waals surface area contributed by atoms with Crippen molar-refractivity contribution in [1.82, 2.24) is 5.32 Å². The molecule has 2 saturated carbocycles. The molecule has 0 amide bonds. The van der Waals surface area contributed by atoms with Gasteiger partial charge >= 0.3 is 5.97 Å². The smallest absolute Gasteiger partial charge is 0.323 e. The zero-order valence-corrected chi connectivity index (χ0v) is 12.9. The Hall–Kier alpha value is -0.610. The van der Waals surface area contributed by atoms with Crippen molar-refractivity contribution < 1.29 is 14.6 Å². The summed E-state index contributed by atoms with van der Waals surface area (Å²) in [5.41, 5.74) is -0.787. The maximum absolute atomic E-state index is 11.4. The number of carboxylic acid groups (broad SMARTS) is 1. The lowest BCUT2D eigenvalue weighted by atomic mass is 9.88. The van der Waals surface area contributed by atoms with Crippen LogP contribution in [0.5, 0.6) is 0 Å². The average Bonchev–Trinajstić information content (AvgIpc) is 3.18. The van der Waals surface area contributed by atoms with E-state index in [1.165, 1.54) is 19.3 Å². The Morgan fingerprint density at radius 3 is 2.70 bits per heavy atom. The van der Waals surface area contributed by atoms with Crippen molar-refractivity contribution in [3.8, 4) is 0 Å². The van der Waals surface area contributed by atoms with Gasteiger partial charge in [-0.25, -0.2) is 0 Å². The maximum Gasteiger partial charge on any atom is 0.323 e. The van der Waals surface area contributed by atoms with Crippen molar-refractivity contribution in [2.45, 2.75) is 82.9 Å². The second-order valence-electron chi connectivity index (χ2n) is 6.92. The Morgan fingerprint density at radius 1 is 1.35 bits per heavy atom. The molecule has 2 rings (SSSR count). The van der Waals surface area contributed by atoms with Gasteiger partial charge in [-0.2, -0.15) is 0 Å². The average molecular weight is 283 g/mol. The Balaban J connectivity index is 1.66. The van der Waals surface area contributed by atoms with Crippen molar-refractivity contribution in [3.63, 3.8) is 0 Å². The van der Waals surface area contributed by atoms with Gasteiger partial charge in [-0.15, -0.1) is 0 Å². The van der Waals surface area contributed by atoms with Gasteiger partial charge in [-0.05, 0) is 51.4 Å². The van der Waals surface area contributed by atoms with Crippen molar-refractivity contribution in [1.29, 1.82) is 0 Å². The van der Waals surface area contributed by atoms with Crippen LogP contribution in [-0.2, 0) is 9.53 Å². The van der Waals surface area contributed by atoms with Crippen LogP contribution in [0.4, 0.5) is 0 Å². The topological polar surface area (TPSA) is 58.6 Å². The minimum absolute atomic E-state index is 0.395. The Morgan fingerprint density at radius 2 is 2.10 bits per heavy atom. The predicted octanol–water partition coefficient (Wildman–Crippen LogP) is 2.96. The molecule has 3 unspecified atom stereocenters. The summed E-state index contributed by atoms with van der Waals surface area (Å²) >= 11 is 0. The molecule has 0 aromatic rings. The van der Waals surface area contributed by atoms with E-state index in [-0.39, 0.29) is 0 Å². The zero-order valence-electron chi connectivity index (χ0n) is 12.9. The predicted molar refractivity (Wildman–Crippen MR) is 78.8 cm³/mol. The highest BCUT2D eigenvalue weighted by atomic mass is 16.5. The van der Waals surface area contributed by atoms with Crippen LogP contribution in [-0.4, -0.2) is 35.4 Å². The normalized spacial score (nSPS) is 29.9. The standard InChI is InChI=1S/C16H29NO3/c1-12-5-3-6-14(11-12)20-10-4-9-16(2,15(18)19)17-13-7-8-13/h12-14,17H,3-11H2,1-2H3,(H,18,19). The molecule has 2 fully saturated rings. The van der Waals surface area contributed by atoms with E-state index in [1.807, 2.05) is 0 Å². The number of nitrogens with one attached hydrogen (secondary N) is 1. The van der Waals surface area contributed by atoms with Crippen molar-refractivity contribution in [3.05, 3.63) is 0 Å². The molecule has 2 aliphatic carbocycles. The molecule has 4 heteroatoms. The van der Waals surface area contributed by atoms with Gasteiger partial charge in [-0.1, -0.05) is 19.8 Å². The van der Waals surface area contributed by atoms with Gasteiger partial charge < -0.3 is 9.84 Å². The molecule has 0 saturated heterocycles. The quantitative estimate of drug-likeness (QED) is 0.672. The molecule has 116 valence electrons. The third kappa shape index (κ3) is 4.74. The van der Waals surface area contributed by atoms with Gasteiger partial charge in [-0.3, -0.25) is 10.1 Å². The molecule has 0 aromatic carbocycles. The molecule has 3 atom stereocenters. The first-order valence-corrected chi connectivity index (χ1v) is 8.12. The first-order valence-electron chi connectivity index (χ1n) is 8.12. The first kappa shape index (κ1) is 15.8. The fourth-order valence-electron chi connectivity index (χ4n) is 3.12. The van der Waals surface area contributed by atoms with Crippen LogP contribution < -0.4 is 5.32 Å². The van der Waals surface area contributed by atoms with Crippen LogP contribution in [0.1, 0.15) is 65.2 Å². The summed E-state index contributed by atoms with van der Waals surface area (Å²) in [5.74, 6) is 0.0326. The molecule has 2 N–H and O–H groups in total. The lowest BCUT2D eigenvalue weighted by Crippen LogP contribution is -2.50. The van der Waals surface area contributed by atoms with Crippen LogP contribution >= 0.6 is 0 Å². The highest BCUT2D eigenvalue weighted by Crippen LogP contribution is 2.27. The third-order valence-corrected chi connectivity index (χ3v) is 4.64. The van der Waals surface area contributed by atoms with E-state index in [9.17, 15) is 9.90 Å². The van der Waals surface area contributed by atoms with E-state index in [0.29, 0.717) is 25.2 Å². The second-order valence-corrected chi connectivity index (χ2v) is 6.92. The van der Waals surface area contributed by atoms with Gasteiger partial charge in [0.15, 0.2) is 0 Å². The number of hydrogen-bond donors (Lipinski definition) is 2. The minimum atomic E-state index is -0.787. The highest BCUT2D eigenvalue weighted by Gasteiger charge is 2.37. The molecule has 2 aliphatic rings. The summed E-state index contributed by atoms with van der Waals surface area (Å²) in [4.78, 5) is 11.4. The van der Waals surface area contributed by atoms with E-state index in [0.717, 1.165) is 31.6 Å². The van der Waals surface area contributed by atoms with Gasteiger partial charge in [0.05, 0.1) is 6.10 Å². The van der Waals surface area contributed by atoms with Gasteiger partial charge in [0, 0.05) is 12.6 Å². The molecule has 20 heavy (non-hydrogen) atoms. The van der Waals surface area contributed by atoms with Gasteiger partial charge in [0.1, 0.15) is 5.54 Å². The molecule has 0 heterocycles. The second kappa shape index (κ2) is 6.90. The minimum Gasteiger partial charge on any atom is -0.480 e. The first-order chi connectivity index (χ1) is 9.49. The number of hydrogen-bond acceptors (Lipinski definition) is 3. The molecular formula is C16H29NO3. The van der Waals surface area contributed by atoms with Gasteiger partial charge in [0.25, 0.3) is 0 Å². The molecular weight excluding hydrogens is 254 g/mol. The lowest BCUT2D eigenvalue weighted by molar-refractivity contribution is -0.144. The maximum atomic E-state index is 11.4. The van der Waals surface area contributed by atoms with Crippen LogP contribution in [0.3, 0.4) is 0 Å². The van der Waals surface area contributed by atoms with Crippen LogP contribution in [0.15, 0.2) is 0 Å². The van der Waals surface area contributed by atoms with E-state index < -0.39 is 11.5 Å². The molecule has 0 radical (unpaired) electrons. The molecule has 0 spiro atoms. The fraction of sp³-hybridized carbons (Fsp3) is 0.938. The Bertz CT molecular complexity index is 330. The van der Waals surface area contributed by atoms with E-state index in [4.69, 9.17) is 4.74 Å². The van der Waals surface area contributed by atoms with Crippen LogP contribution in [0.2, 0.25) is 0 Å². The summed E-state index contributed by atoms with van der Waals surface area (Å²) in [6, 6.07) is 0.413. The monoisotopic (exact) mass is 283 g/mol. The fourth-order valence-corrected chi connectivity index (χ4v) is 3.12. The van der Waals surface area contributed by atoms with Crippen molar-refractivity contribution in [2.24, 2.45) is 5.92 Å². The van der Waals surface area contributed by atoms with E-state index in [2.05, 4.69) is 12.2 Å².